The highest BCUT2D eigenvalue weighted by Gasteiger charge is 2.21. The van der Waals surface area contributed by atoms with Crippen LogP contribution in [0.2, 0.25) is 0 Å². The second kappa shape index (κ2) is 8.84. The van der Waals surface area contributed by atoms with Crippen LogP contribution < -0.4 is 10.9 Å². The largest absolute Gasteiger partial charge is 0.352 e. The van der Waals surface area contributed by atoms with E-state index in [9.17, 15) is 9.59 Å². The quantitative estimate of drug-likeness (QED) is 0.673. The van der Waals surface area contributed by atoms with E-state index in [4.69, 9.17) is 0 Å². The number of hydrogen-bond acceptors (Lipinski definition) is 6. The van der Waals surface area contributed by atoms with Crippen LogP contribution in [0, 0.1) is 0 Å². The number of thiophene rings is 1. The van der Waals surface area contributed by atoms with E-state index in [0.717, 1.165) is 54.3 Å². The van der Waals surface area contributed by atoms with E-state index in [-0.39, 0.29) is 24.1 Å². The van der Waals surface area contributed by atoms with E-state index < -0.39 is 0 Å². The van der Waals surface area contributed by atoms with Gasteiger partial charge in [0.15, 0.2) is 0 Å². The summed E-state index contributed by atoms with van der Waals surface area (Å²) in [4.78, 5) is 38.1. The number of likely N-dealkylation sites (tertiary alicyclic amines) is 1. The van der Waals surface area contributed by atoms with Crippen molar-refractivity contribution < 1.29 is 4.79 Å². The molecule has 4 rings (SSSR count). The number of nitrogens with zero attached hydrogens (tertiary/aromatic N) is 4. The Morgan fingerprint density at radius 1 is 1.28 bits per heavy atom. The Kier molecular flexibility index (Phi) is 6.01. The SMILES string of the molecule is CCc1cc2c(=O)n(CC(=O)NC3CCN(Cc4ccccn4)CC3)cnc2s1. The zero-order valence-corrected chi connectivity index (χ0v) is 17.3. The molecule has 0 aromatic carbocycles. The standard InChI is InChI=1S/C21H25N5O2S/c1-2-17-11-18-20(29-17)23-14-26(21(18)28)13-19(27)24-15-6-9-25(10-7-15)12-16-5-3-4-8-22-16/h3-5,8,11,14-15H,2,6-7,9-10,12-13H2,1H3,(H,24,27). The fraction of sp³-hybridized carbons (Fsp3) is 0.429. The average molecular weight is 412 g/mol. The first-order chi connectivity index (χ1) is 14.1. The van der Waals surface area contributed by atoms with Crippen molar-refractivity contribution in [2.75, 3.05) is 13.1 Å². The molecule has 1 aliphatic rings. The third-order valence-electron chi connectivity index (χ3n) is 5.30. The Morgan fingerprint density at radius 3 is 2.83 bits per heavy atom. The minimum Gasteiger partial charge on any atom is -0.352 e. The first kappa shape index (κ1) is 19.7. The summed E-state index contributed by atoms with van der Waals surface area (Å²) >= 11 is 1.53. The van der Waals surface area contributed by atoms with Gasteiger partial charge in [0.2, 0.25) is 5.91 Å². The Balaban J connectivity index is 1.31. The van der Waals surface area contributed by atoms with Crippen LogP contribution in [0.25, 0.3) is 10.2 Å². The molecule has 0 bridgehead atoms. The number of piperidine rings is 1. The molecule has 0 aliphatic carbocycles. The number of fused-ring (bicyclic) bond motifs is 1. The molecule has 8 heteroatoms. The van der Waals surface area contributed by atoms with Crippen LogP contribution in [0.1, 0.15) is 30.3 Å². The molecule has 0 saturated carbocycles. The van der Waals surface area contributed by atoms with Crippen molar-refractivity contribution in [2.24, 2.45) is 0 Å². The molecule has 152 valence electrons. The van der Waals surface area contributed by atoms with Crippen molar-refractivity contribution in [1.29, 1.82) is 0 Å². The molecule has 1 N–H and O–H groups in total. The van der Waals surface area contributed by atoms with Crippen molar-refractivity contribution in [3.8, 4) is 0 Å². The molecule has 3 aromatic rings. The van der Waals surface area contributed by atoms with Crippen LogP contribution in [0.3, 0.4) is 0 Å². The first-order valence-electron chi connectivity index (χ1n) is 10.0. The summed E-state index contributed by atoms with van der Waals surface area (Å²) < 4.78 is 1.40. The molecular weight excluding hydrogens is 386 g/mol. The van der Waals surface area contributed by atoms with Gasteiger partial charge in [-0.2, -0.15) is 0 Å². The van der Waals surface area contributed by atoms with Crippen molar-refractivity contribution in [2.45, 2.75) is 45.3 Å². The Morgan fingerprint density at radius 2 is 2.10 bits per heavy atom. The van der Waals surface area contributed by atoms with Crippen molar-refractivity contribution in [3.05, 3.63) is 57.7 Å². The van der Waals surface area contributed by atoms with Gasteiger partial charge in [0, 0.05) is 36.8 Å². The van der Waals surface area contributed by atoms with Gasteiger partial charge in [0.25, 0.3) is 5.56 Å². The van der Waals surface area contributed by atoms with Gasteiger partial charge in [-0.3, -0.25) is 24.0 Å². The summed E-state index contributed by atoms with van der Waals surface area (Å²) in [5.74, 6) is -0.137. The van der Waals surface area contributed by atoms with Crippen molar-refractivity contribution in [1.82, 2.24) is 24.8 Å². The molecule has 0 spiro atoms. The van der Waals surface area contributed by atoms with Gasteiger partial charge in [-0.25, -0.2) is 4.98 Å². The van der Waals surface area contributed by atoms with Crippen LogP contribution in [0.15, 0.2) is 41.6 Å². The second-order valence-corrected chi connectivity index (χ2v) is 8.52. The first-order valence-corrected chi connectivity index (χ1v) is 10.8. The number of amides is 1. The number of nitrogens with one attached hydrogen (secondary N) is 1. The lowest BCUT2D eigenvalue weighted by molar-refractivity contribution is -0.122. The topological polar surface area (TPSA) is 80.1 Å². The molecule has 0 unspecified atom stereocenters. The lowest BCUT2D eigenvalue weighted by atomic mass is 10.0. The third kappa shape index (κ3) is 4.71. The van der Waals surface area contributed by atoms with Gasteiger partial charge < -0.3 is 5.32 Å². The lowest BCUT2D eigenvalue weighted by Gasteiger charge is -2.32. The average Bonchev–Trinajstić information content (AvgIpc) is 3.17. The Hall–Kier alpha value is -2.58. The summed E-state index contributed by atoms with van der Waals surface area (Å²) in [5.41, 5.74) is 0.920. The van der Waals surface area contributed by atoms with Crippen molar-refractivity contribution >= 4 is 27.5 Å². The number of aryl methyl sites for hydroxylation is 1. The zero-order chi connectivity index (χ0) is 20.2. The molecule has 0 atom stereocenters. The molecule has 1 fully saturated rings. The van der Waals surface area contributed by atoms with E-state index >= 15 is 0 Å². The monoisotopic (exact) mass is 411 g/mol. The summed E-state index contributed by atoms with van der Waals surface area (Å²) in [6.45, 7) is 4.74. The smallest absolute Gasteiger partial charge is 0.262 e. The van der Waals surface area contributed by atoms with Gasteiger partial charge in [0.1, 0.15) is 11.4 Å². The maximum atomic E-state index is 12.6. The summed E-state index contributed by atoms with van der Waals surface area (Å²) in [6, 6.07) is 7.99. The summed E-state index contributed by atoms with van der Waals surface area (Å²) in [7, 11) is 0. The van der Waals surface area contributed by atoms with Crippen LogP contribution >= 0.6 is 11.3 Å². The fourth-order valence-corrected chi connectivity index (χ4v) is 4.61. The number of hydrogen-bond donors (Lipinski definition) is 1. The minimum absolute atomic E-state index is 0.00717. The number of carbonyl (C=O) groups is 1. The van der Waals surface area contributed by atoms with E-state index in [2.05, 4.69) is 27.1 Å². The molecule has 1 amide bonds. The highest BCUT2D eigenvalue weighted by atomic mass is 32.1. The van der Waals surface area contributed by atoms with E-state index in [1.807, 2.05) is 30.5 Å². The molecule has 1 saturated heterocycles. The van der Waals surface area contributed by atoms with E-state index in [1.54, 1.807) is 0 Å². The number of carbonyl (C=O) groups excluding carboxylic acids is 1. The Bertz CT molecular complexity index is 1040. The van der Waals surface area contributed by atoms with Gasteiger partial charge in [-0.1, -0.05) is 13.0 Å². The summed E-state index contributed by atoms with van der Waals surface area (Å²) in [5, 5.41) is 3.68. The van der Waals surface area contributed by atoms with Crippen LogP contribution in [-0.2, 0) is 24.3 Å². The van der Waals surface area contributed by atoms with Gasteiger partial charge >= 0.3 is 0 Å². The zero-order valence-electron chi connectivity index (χ0n) is 16.5. The van der Waals surface area contributed by atoms with E-state index in [1.165, 1.54) is 22.2 Å². The Labute approximate surface area is 173 Å². The van der Waals surface area contributed by atoms with Gasteiger partial charge in [-0.15, -0.1) is 11.3 Å². The van der Waals surface area contributed by atoms with Gasteiger partial charge in [0.05, 0.1) is 17.4 Å². The maximum Gasteiger partial charge on any atom is 0.262 e. The molecule has 29 heavy (non-hydrogen) atoms. The lowest BCUT2D eigenvalue weighted by Crippen LogP contribution is -2.45. The molecule has 4 heterocycles. The van der Waals surface area contributed by atoms with Crippen LogP contribution in [0.4, 0.5) is 0 Å². The van der Waals surface area contributed by atoms with Gasteiger partial charge in [-0.05, 0) is 37.5 Å². The fourth-order valence-electron chi connectivity index (χ4n) is 3.68. The molecule has 0 radical (unpaired) electrons. The third-order valence-corrected chi connectivity index (χ3v) is 6.48. The number of rotatable bonds is 6. The molecule has 7 nitrogen and oxygen atoms in total. The highest BCUT2D eigenvalue weighted by Crippen LogP contribution is 2.21. The maximum absolute atomic E-state index is 12.6. The molecule has 1 aliphatic heterocycles. The van der Waals surface area contributed by atoms with Crippen LogP contribution in [-0.4, -0.2) is 44.5 Å². The predicted molar refractivity (Wildman–Crippen MR) is 114 cm³/mol. The number of pyridine rings is 1. The predicted octanol–water partition coefficient (Wildman–Crippen LogP) is 2.20. The minimum atomic E-state index is -0.147. The van der Waals surface area contributed by atoms with E-state index in [0.29, 0.717) is 5.39 Å². The second-order valence-electron chi connectivity index (χ2n) is 7.40. The highest BCUT2D eigenvalue weighted by molar-refractivity contribution is 7.18. The normalized spacial score (nSPS) is 15.6. The molecule has 3 aromatic heterocycles. The molecular formula is C21H25N5O2S. The van der Waals surface area contributed by atoms with Crippen LogP contribution in [0.5, 0.6) is 0 Å². The summed E-state index contributed by atoms with van der Waals surface area (Å²) in [6.07, 6.45) is 5.97. The number of aromatic nitrogens is 3. The van der Waals surface area contributed by atoms with Crippen molar-refractivity contribution in [3.63, 3.8) is 0 Å².